The molecule has 0 spiro atoms. The molecule has 2 N–H and O–H groups in total. The Labute approximate surface area is 112 Å². The lowest BCUT2D eigenvalue weighted by Gasteiger charge is -2.09. The first-order valence-corrected chi connectivity index (χ1v) is 7.49. The largest absolute Gasteiger partial charge is 0.385 e. The van der Waals surface area contributed by atoms with Gasteiger partial charge in [0.2, 0.25) is 0 Å². The van der Waals surface area contributed by atoms with Crippen LogP contribution in [0.25, 0.3) is 0 Å². The van der Waals surface area contributed by atoms with Crippen LogP contribution in [-0.2, 0) is 9.53 Å². The Hall–Kier alpha value is -0.410. The summed E-state index contributed by atoms with van der Waals surface area (Å²) in [6.07, 6.45) is 11.4. The van der Waals surface area contributed by atoms with E-state index in [1.807, 2.05) is 0 Å². The molecule has 3 nitrogen and oxygen atoms in total. The van der Waals surface area contributed by atoms with Crippen molar-refractivity contribution >= 4 is 5.78 Å². The summed E-state index contributed by atoms with van der Waals surface area (Å²) in [5.74, 6) is 0.193. The predicted octanol–water partition coefficient (Wildman–Crippen LogP) is 3.45. The highest BCUT2D eigenvalue weighted by Crippen LogP contribution is 2.10. The maximum atomic E-state index is 11.6. The van der Waals surface area contributed by atoms with Crippen molar-refractivity contribution < 1.29 is 9.53 Å². The van der Waals surface area contributed by atoms with E-state index in [-0.39, 0.29) is 11.8 Å². The molecule has 1 atom stereocenters. The molecule has 0 aliphatic heterocycles. The van der Waals surface area contributed by atoms with Crippen LogP contribution in [0.5, 0.6) is 0 Å². The van der Waals surface area contributed by atoms with Gasteiger partial charge in [0, 0.05) is 20.1 Å². The Balaban J connectivity index is 3.29. The minimum atomic E-state index is -0.325. The summed E-state index contributed by atoms with van der Waals surface area (Å²) in [7, 11) is 1.63. The van der Waals surface area contributed by atoms with E-state index < -0.39 is 0 Å². The SMILES string of the molecule is CCCCCCCCCCC(=O)C(N)CCOC. The van der Waals surface area contributed by atoms with E-state index >= 15 is 0 Å². The van der Waals surface area contributed by atoms with Crippen molar-refractivity contribution in [3.8, 4) is 0 Å². The second-order valence-corrected chi connectivity index (χ2v) is 5.08. The van der Waals surface area contributed by atoms with E-state index in [1.54, 1.807) is 7.11 Å². The number of hydrogen-bond acceptors (Lipinski definition) is 3. The number of carbonyl (C=O) groups excluding carboxylic acids is 1. The van der Waals surface area contributed by atoms with E-state index in [1.165, 1.54) is 38.5 Å². The molecular formula is C15H31NO2. The Bertz CT molecular complexity index is 195. The molecule has 0 aliphatic rings. The van der Waals surface area contributed by atoms with E-state index in [2.05, 4.69) is 6.92 Å². The fraction of sp³-hybridized carbons (Fsp3) is 0.933. The molecule has 0 bridgehead atoms. The van der Waals surface area contributed by atoms with Gasteiger partial charge in [-0.25, -0.2) is 0 Å². The van der Waals surface area contributed by atoms with Gasteiger partial charge in [-0.05, 0) is 12.8 Å². The molecule has 0 saturated heterocycles. The van der Waals surface area contributed by atoms with Gasteiger partial charge < -0.3 is 10.5 Å². The van der Waals surface area contributed by atoms with Crippen LogP contribution in [0.15, 0.2) is 0 Å². The lowest BCUT2D eigenvalue weighted by Crippen LogP contribution is -2.31. The van der Waals surface area contributed by atoms with Crippen LogP contribution in [0.2, 0.25) is 0 Å². The topological polar surface area (TPSA) is 52.3 Å². The van der Waals surface area contributed by atoms with Crippen LogP contribution in [0.4, 0.5) is 0 Å². The summed E-state index contributed by atoms with van der Waals surface area (Å²) >= 11 is 0. The molecule has 18 heavy (non-hydrogen) atoms. The van der Waals surface area contributed by atoms with Crippen molar-refractivity contribution in [2.75, 3.05) is 13.7 Å². The molecule has 0 rings (SSSR count). The molecule has 0 aromatic heterocycles. The summed E-state index contributed by atoms with van der Waals surface area (Å²) in [4.78, 5) is 11.6. The van der Waals surface area contributed by atoms with Crippen molar-refractivity contribution in [3.63, 3.8) is 0 Å². The number of ether oxygens (including phenoxy) is 1. The van der Waals surface area contributed by atoms with Crippen LogP contribution >= 0.6 is 0 Å². The summed E-state index contributed by atoms with van der Waals surface area (Å²) in [5, 5.41) is 0. The Morgan fingerprint density at radius 2 is 1.61 bits per heavy atom. The zero-order valence-corrected chi connectivity index (χ0v) is 12.2. The number of methoxy groups -OCH3 is 1. The number of ketones is 1. The monoisotopic (exact) mass is 257 g/mol. The van der Waals surface area contributed by atoms with Gasteiger partial charge in [-0.15, -0.1) is 0 Å². The minimum absolute atomic E-state index is 0.193. The lowest BCUT2D eigenvalue weighted by atomic mass is 10.0. The van der Waals surface area contributed by atoms with Gasteiger partial charge in [0.15, 0.2) is 0 Å². The number of rotatable bonds is 13. The second kappa shape index (κ2) is 13.0. The van der Waals surface area contributed by atoms with E-state index in [0.717, 1.165) is 12.8 Å². The van der Waals surface area contributed by atoms with E-state index in [4.69, 9.17) is 10.5 Å². The van der Waals surface area contributed by atoms with Crippen molar-refractivity contribution in [2.45, 2.75) is 77.2 Å². The van der Waals surface area contributed by atoms with Gasteiger partial charge in [-0.3, -0.25) is 4.79 Å². The summed E-state index contributed by atoms with van der Waals surface area (Å²) in [5.41, 5.74) is 5.77. The van der Waals surface area contributed by atoms with E-state index in [9.17, 15) is 4.79 Å². The normalized spacial score (nSPS) is 12.6. The third kappa shape index (κ3) is 10.7. The molecular weight excluding hydrogens is 226 g/mol. The quantitative estimate of drug-likeness (QED) is 0.514. The van der Waals surface area contributed by atoms with Gasteiger partial charge in [-0.1, -0.05) is 51.9 Å². The molecule has 108 valence electrons. The number of Topliss-reactive ketones (excluding diaryl/α,β-unsaturated/α-hetero) is 1. The predicted molar refractivity (Wildman–Crippen MR) is 76.7 cm³/mol. The first-order valence-electron chi connectivity index (χ1n) is 7.49. The average Bonchev–Trinajstić information content (AvgIpc) is 2.38. The third-order valence-electron chi connectivity index (χ3n) is 3.32. The highest BCUT2D eigenvalue weighted by atomic mass is 16.5. The van der Waals surface area contributed by atoms with Crippen molar-refractivity contribution in [1.29, 1.82) is 0 Å². The van der Waals surface area contributed by atoms with Crippen LogP contribution < -0.4 is 5.73 Å². The lowest BCUT2D eigenvalue weighted by molar-refractivity contribution is -0.120. The number of hydrogen-bond donors (Lipinski definition) is 1. The summed E-state index contributed by atoms with van der Waals surface area (Å²) in [6, 6.07) is -0.325. The van der Waals surface area contributed by atoms with Crippen molar-refractivity contribution in [2.24, 2.45) is 5.73 Å². The molecule has 0 aromatic rings. The summed E-state index contributed by atoms with van der Waals surface area (Å²) in [6.45, 7) is 2.81. The molecule has 0 saturated carbocycles. The van der Waals surface area contributed by atoms with Gasteiger partial charge >= 0.3 is 0 Å². The molecule has 3 heteroatoms. The number of unbranched alkanes of at least 4 members (excludes halogenated alkanes) is 7. The van der Waals surface area contributed by atoms with Crippen molar-refractivity contribution in [1.82, 2.24) is 0 Å². The average molecular weight is 257 g/mol. The van der Waals surface area contributed by atoms with Crippen LogP contribution in [0.1, 0.15) is 71.1 Å². The third-order valence-corrected chi connectivity index (χ3v) is 3.32. The molecule has 1 unspecified atom stereocenters. The van der Waals surface area contributed by atoms with Crippen LogP contribution in [0.3, 0.4) is 0 Å². The summed E-state index contributed by atoms with van der Waals surface area (Å²) < 4.78 is 4.92. The molecule has 0 aromatic carbocycles. The highest BCUT2D eigenvalue weighted by Gasteiger charge is 2.11. The molecule has 0 aliphatic carbocycles. The van der Waals surface area contributed by atoms with Gasteiger partial charge in [0.05, 0.1) is 6.04 Å². The van der Waals surface area contributed by atoms with Gasteiger partial charge in [0.25, 0.3) is 0 Å². The Morgan fingerprint density at radius 3 is 2.17 bits per heavy atom. The Kier molecular flexibility index (Phi) is 12.7. The van der Waals surface area contributed by atoms with Gasteiger partial charge in [-0.2, -0.15) is 0 Å². The first kappa shape index (κ1) is 17.6. The van der Waals surface area contributed by atoms with Crippen molar-refractivity contribution in [3.05, 3.63) is 0 Å². The maximum absolute atomic E-state index is 11.6. The molecule has 0 heterocycles. The highest BCUT2D eigenvalue weighted by molar-refractivity contribution is 5.83. The van der Waals surface area contributed by atoms with Gasteiger partial charge in [0.1, 0.15) is 5.78 Å². The van der Waals surface area contributed by atoms with Crippen LogP contribution in [0, 0.1) is 0 Å². The smallest absolute Gasteiger partial charge is 0.149 e. The fourth-order valence-electron chi connectivity index (χ4n) is 2.02. The molecule has 0 fully saturated rings. The van der Waals surface area contributed by atoms with Crippen LogP contribution in [-0.4, -0.2) is 25.5 Å². The fourth-order valence-corrected chi connectivity index (χ4v) is 2.02. The molecule has 0 radical (unpaired) electrons. The maximum Gasteiger partial charge on any atom is 0.149 e. The zero-order valence-electron chi connectivity index (χ0n) is 12.2. The van der Waals surface area contributed by atoms with E-state index in [0.29, 0.717) is 19.4 Å². The Morgan fingerprint density at radius 1 is 1.06 bits per heavy atom. The standard InChI is InChI=1S/C15H31NO2/c1-3-4-5-6-7-8-9-10-11-15(17)14(16)12-13-18-2/h14H,3-13,16H2,1-2H3. The first-order chi connectivity index (χ1) is 8.72. The number of carbonyl (C=O) groups is 1. The number of nitrogens with two attached hydrogens (primary N) is 1. The minimum Gasteiger partial charge on any atom is -0.385 e. The zero-order chi connectivity index (χ0) is 13.6. The molecule has 0 amide bonds. The second-order valence-electron chi connectivity index (χ2n) is 5.08.